The maximum Gasteiger partial charge on any atom is 0.326 e. The molecule has 2 saturated heterocycles. The van der Waals surface area contributed by atoms with E-state index in [1.807, 2.05) is 4.90 Å². The van der Waals surface area contributed by atoms with Gasteiger partial charge in [-0.05, 0) is 37.5 Å². The van der Waals surface area contributed by atoms with Gasteiger partial charge >= 0.3 is 5.97 Å². The minimum Gasteiger partial charge on any atom is -0.480 e. The zero-order valence-electron chi connectivity index (χ0n) is 14.9. The topological polar surface area (TPSA) is 95.7 Å². The number of carbonyl (C=O) groups is 3. The van der Waals surface area contributed by atoms with Crippen LogP contribution in [0.25, 0.3) is 0 Å². The number of aryl methyl sites for hydroxylation is 1. The Morgan fingerprint density at radius 2 is 1.92 bits per heavy atom. The van der Waals surface area contributed by atoms with E-state index in [0.717, 1.165) is 25.7 Å². The predicted octanol–water partition coefficient (Wildman–Crippen LogP) is 0.738. The van der Waals surface area contributed by atoms with E-state index in [1.54, 1.807) is 13.2 Å². The quantitative estimate of drug-likeness (QED) is 0.858. The largest absolute Gasteiger partial charge is 0.480 e. The Bertz CT molecular complexity index is 746. The van der Waals surface area contributed by atoms with Gasteiger partial charge in [-0.15, -0.1) is 0 Å². The minimum atomic E-state index is -0.962. The second-order valence-corrected chi connectivity index (χ2v) is 7.99. The first-order valence-corrected chi connectivity index (χ1v) is 9.20. The molecule has 3 heterocycles. The van der Waals surface area contributed by atoms with E-state index in [1.165, 1.54) is 15.8 Å². The fraction of sp³-hybridized carbons (Fsp3) is 0.667. The normalized spacial score (nSPS) is 24.9. The fourth-order valence-corrected chi connectivity index (χ4v) is 4.34. The number of hydrogen-bond acceptors (Lipinski definition) is 4. The van der Waals surface area contributed by atoms with E-state index < -0.39 is 12.0 Å². The summed E-state index contributed by atoms with van der Waals surface area (Å²) < 4.78 is 1.54. The zero-order chi connectivity index (χ0) is 18.5. The van der Waals surface area contributed by atoms with Crippen molar-refractivity contribution in [3.05, 3.63) is 18.0 Å². The number of aliphatic carboxylic acids is 1. The Labute approximate surface area is 151 Å². The van der Waals surface area contributed by atoms with Gasteiger partial charge in [-0.25, -0.2) is 4.79 Å². The molecule has 2 amide bonds. The molecule has 8 heteroatoms. The van der Waals surface area contributed by atoms with E-state index in [4.69, 9.17) is 0 Å². The maximum atomic E-state index is 12.8. The molecule has 3 aliphatic rings. The highest BCUT2D eigenvalue weighted by Gasteiger charge is 2.51. The van der Waals surface area contributed by atoms with Crippen LogP contribution in [0.5, 0.6) is 0 Å². The third-order valence-corrected chi connectivity index (χ3v) is 6.07. The molecule has 1 aliphatic carbocycles. The molecule has 0 radical (unpaired) electrons. The summed E-state index contributed by atoms with van der Waals surface area (Å²) in [5.41, 5.74) is 0.207. The number of nitrogens with zero attached hydrogens (tertiary/aromatic N) is 4. The third-order valence-electron chi connectivity index (χ3n) is 6.07. The molecule has 8 nitrogen and oxygen atoms in total. The SMILES string of the molecule is Cn1cc(C(=O)N2CC3(CCN(C(=O)C4CC4)CC3)C[C@@H]2C(=O)O)cn1. The lowest BCUT2D eigenvalue weighted by molar-refractivity contribution is -0.141. The van der Waals surface area contributed by atoms with Crippen LogP contribution in [0.3, 0.4) is 0 Å². The van der Waals surface area contributed by atoms with Crippen molar-refractivity contribution in [2.24, 2.45) is 18.4 Å². The Hall–Kier alpha value is -2.38. The zero-order valence-corrected chi connectivity index (χ0v) is 14.9. The number of piperidine rings is 1. The van der Waals surface area contributed by atoms with E-state index in [-0.39, 0.29) is 23.1 Å². The van der Waals surface area contributed by atoms with Gasteiger partial charge in [-0.2, -0.15) is 5.10 Å². The van der Waals surface area contributed by atoms with Crippen molar-refractivity contribution in [2.45, 2.75) is 38.1 Å². The molecule has 4 rings (SSSR count). The second-order valence-electron chi connectivity index (χ2n) is 7.99. The minimum absolute atomic E-state index is 0.207. The Balaban J connectivity index is 1.48. The molecule has 1 atom stereocenters. The standard InChI is InChI=1S/C18H24N4O4/c1-20-10-13(9-19-20)16(24)22-11-18(8-14(22)17(25)26)4-6-21(7-5-18)15(23)12-2-3-12/h9-10,12,14H,2-8,11H2,1H3,(H,25,26)/t14-/m1/s1. The molecule has 1 spiro atoms. The van der Waals surface area contributed by atoms with Crippen molar-refractivity contribution < 1.29 is 19.5 Å². The van der Waals surface area contributed by atoms with Crippen LogP contribution in [0.2, 0.25) is 0 Å². The third kappa shape index (κ3) is 2.97. The van der Waals surface area contributed by atoms with Crippen molar-refractivity contribution >= 4 is 17.8 Å². The van der Waals surface area contributed by atoms with E-state index in [2.05, 4.69) is 5.10 Å². The lowest BCUT2D eigenvalue weighted by Crippen LogP contribution is -2.45. The average Bonchev–Trinajstić information content (AvgIpc) is 3.28. The van der Waals surface area contributed by atoms with Gasteiger partial charge in [0.1, 0.15) is 6.04 Å². The summed E-state index contributed by atoms with van der Waals surface area (Å²) in [6.07, 6.45) is 7.05. The van der Waals surface area contributed by atoms with Gasteiger partial charge in [0.2, 0.25) is 5.91 Å². The average molecular weight is 360 g/mol. The molecule has 1 N–H and O–H groups in total. The number of carbonyl (C=O) groups excluding carboxylic acids is 2. The summed E-state index contributed by atoms with van der Waals surface area (Å²) in [6.45, 7) is 1.76. The first-order chi connectivity index (χ1) is 12.4. The van der Waals surface area contributed by atoms with Crippen LogP contribution >= 0.6 is 0 Å². The molecule has 1 aromatic heterocycles. The highest BCUT2D eigenvalue weighted by molar-refractivity contribution is 5.96. The van der Waals surface area contributed by atoms with Crippen LogP contribution < -0.4 is 0 Å². The molecule has 2 aliphatic heterocycles. The van der Waals surface area contributed by atoms with Gasteiger partial charge in [0.05, 0.1) is 11.8 Å². The van der Waals surface area contributed by atoms with Gasteiger partial charge < -0.3 is 14.9 Å². The van der Waals surface area contributed by atoms with Crippen LogP contribution in [0.4, 0.5) is 0 Å². The van der Waals surface area contributed by atoms with Crippen molar-refractivity contribution in [2.75, 3.05) is 19.6 Å². The highest BCUT2D eigenvalue weighted by atomic mass is 16.4. The summed E-state index contributed by atoms with van der Waals surface area (Å²) in [5, 5.41) is 13.7. The smallest absolute Gasteiger partial charge is 0.326 e. The summed E-state index contributed by atoms with van der Waals surface area (Å²) in [7, 11) is 1.73. The molecule has 0 unspecified atom stereocenters. The van der Waals surface area contributed by atoms with Gasteiger partial charge in [-0.1, -0.05) is 0 Å². The molecule has 3 fully saturated rings. The van der Waals surface area contributed by atoms with Crippen LogP contribution in [-0.4, -0.2) is 68.1 Å². The monoisotopic (exact) mass is 360 g/mol. The number of carboxylic acids is 1. The number of rotatable bonds is 3. The first kappa shape index (κ1) is 17.1. The predicted molar refractivity (Wildman–Crippen MR) is 91.3 cm³/mol. The summed E-state index contributed by atoms with van der Waals surface area (Å²) in [6, 6.07) is -0.812. The molecule has 1 aromatic rings. The number of aromatic nitrogens is 2. The van der Waals surface area contributed by atoms with E-state index in [9.17, 15) is 19.5 Å². The Morgan fingerprint density at radius 3 is 2.46 bits per heavy atom. The number of hydrogen-bond donors (Lipinski definition) is 1. The van der Waals surface area contributed by atoms with Crippen molar-refractivity contribution in [1.29, 1.82) is 0 Å². The summed E-state index contributed by atoms with van der Waals surface area (Å²) >= 11 is 0. The molecule has 0 aromatic carbocycles. The lowest BCUT2D eigenvalue weighted by Gasteiger charge is -2.39. The van der Waals surface area contributed by atoms with Crippen LogP contribution in [-0.2, 0) is 16.6 Å². The fourth-order valence-electron chi connectivity index (χ4n) is 4.34. The van der Waals surface area contributed by atoms with E-state index >= 15 is 0 Å². The van der Waals surface area contributed by atoms with Crippen molar-refractivity contribution in [3.8, 4) is 0 Å². The van der Waals surface area contributed by atoms with Gasteiger partial charge in [0.25, 0.3) is 5.91 Å². The van der Waals surface area contributed by atoms with Crippen molar-refractivity contribution in [1.82, 2.24) is 19.6 Å². The van der Waals surface area contributed by atoms with Gasteiger partial charge in [-0.3, -0.25) is 14.3 Å². The lowest BCUT2D eigenvalue weighted by atomic mass is 9.76. The molecule has 1 saturated carbocycles. The molecule has 140 valence electrons. The summed E-state index contributed by atoms with van der Waals surface area (Å²) in [5.74, 6) is -0.784. The highest BCUT2D eigenvalue weighted by Crippen LogP contribution is 2.44. The molecular weight excluding hydrogens is 336 g/mol. The van der Waals surface area contributed by atoms with Gasteiger partial charge in [0.15, 0.2) is 0 Å². The Morgan fingerprint density at radius 1 is 1.23 bits per heavy atom. The number of likely N-dealkylation sites (tertiary alicyclic amines) is 2. The van der Waals surface area contributed by atoms with Crippen LogP contribution in [0.15, 0.2) is 12.4 Å². The molecule has 26 heavy (non-hydrogen) atoms. The molecular formula is C18H24N4O4. The van der Waals surface area contributed by atoms with Crippen LogP contribution in [0, 0.1) is 11.3 Å². The second kappa shape index (κ2) is 6.10. The van der Waals surface area contributed by atoms with E-state index in [0.29, 0.717) is 31.6 Å². The van der Waals surface area contributed by atoms with Gasteiger partial charge in [0, 0.05) is 38.8 Å². The number of carboxylic acid groups (broad SMARTS) is 1. The maximum absolute atomic E-state index is 12.8. The number of amides is 2. The summed E-state index contributed by atoms with van der Waals surface area (Å²) in [4.78, 5) is 40.2. The van der Waals surface area contributed by atoms with Crippen LogP contribution in [0.1, 0.15) is 42.5 Å². The first-order valence-electron chi connectivity index (χ1n) is 9.20. The molecule has 0 bridgehead atoms. The van der Waals surface area contributed by atoms with Crippen molar-refractivity contribution in [3.63, 3.8) is 0 Å². The Kier molecular flexibility index (Phi) is 4.00.